The normalized spacial score (nSPS) is 18.6. The molecule has 2 aromatic rings. The van der Waals surface area contributed by atoms with Crippen LogP contribution in [0.4, 0.5) is 0 Å². The molecule has 3 rings (SSSR count). The number of aryl methyl sites for hydroxylation is 1. The molecular weight excluding hydrogens is 310 g/mol. The maximum absolute atomic E-state index is 12.6. The van der Waals surface area contributed by atoms with Crippen molar-refractivity contribution >= 4 is 17.2 Å². The number of hydrogen-bond acceptors (Lipinski definition) is 5. The van der Waals surface area contributed by atoms with Crippen molar-refractivity contribution in [3.63, 3.8) is 0 Å². The molecule has 3 heterocycles. The lowest BCUT2D eigenvalue weighted by atomic mass is 9.96. The van der Waals surface area contributed by atoms with E-state index in [1.807, 2.05) is 25.7 Å². The van der Waals surface area contributed by atoms with Crippen LogP contribution in [0.1, 0.15) is 63.4 Å². The summed E-state index contributed by atoms with van der Waals surface area (Å²) in [5, 5.41) is 8.22. The minimum atomic E-state index is -0.134. The van der Waals surface area contributed by atoms with Crippen molar-refractivity contribution in [2.75, 3.05) is 6.54 Å². The number of carbonyl (C=O) groups is 1. The monoisotopic (exact) mass is 333 g/mol. The van der Waals surface area contributed by atoms with E-state index in [9.17, 15) is 4.79 Å². The molecule has 5 nitrogen and oxygen atoms in total. The summed E-state index contributed by atoms with van der Waals surface area (Å²) < 4.78 is 5.27. The summed E-state index contributed by atoms with van der Waals surface area (Å²) in [7, 11) is 0. The van der Waals surface area contributed by atoms with Crippen molar-refractivity contribution in [2.45, 2.75) is 57.9 Å². The molecule has 124 valence electrons. The van der Waals surface area contributed by atoms with Crippen LogP contribution in [0.15, 0.2) is 21.3 Å². The Kier molecular flexibility index (Phi) is 4.53. The van der Waals surface area contributed by atoms with Gasteiger partial charge in [0.15, 0.2) is 5.82 Å². The fourth-order valence-electron chi connectivity index (χ4n) is 2.89. The second-order valence-electron chi connectivity index (χ2n) is 7.06. The van der Waals surface area contributed by atoms with E-state index in [1.54, 1.807) is 11.3 Å². The minimum Gasteiger partial charge on any atom is -0.339 e. The van der Waals surface area contributed by atoms with E-state index < -0.39 is 0 Å². The molecule has 1 atom stereocenters. The van der Waals surface area contributed by atoms with Gasteiger partial charge >= 0.3 is 0 Å². The highest BCUT2D eigenvalue weighted by atomic mass is 32.1. The van der Waals surface area contributed by atoms with Crippen LogP contribution in [-0.4, -0.2) is 27.5 Å². The average Bonchev–Trinajstić information content (AvgIpc) is 3.22. The number of likely N-dealkylation sites (tertiary alicyclic amines) is 1. The number of aromatic nitrogens is 2. The van der Waals surface area contributed by atoms with Gasteiger partial charge in [0.05, 0.1) is 6.04 Å². The summed E-state index contributed by atoms with van der Waals surface area (Å²) in [5.41, 5.74) is 1.12. The van der Waals surface area contributed by atoms with Gasteiger partial charge in [-0.05, 0) is 35.2 Å². The number of thiophene rings is 1. The second kappa shape index (κ2) is 6.43. The van der Waals surface area contributed by atoms with Crippen LogP contribution in [0.2, 0.25) is 0 Å². The maximum atomic E-state index is 12.6. The molecule has 1 fully saturated rings. The van der Waals surface area contributed by atoms with Crippen molar-refractivity contribution < 1.29 is 9.32 Å². The largest absolute Gasteiger partial charge is 0.339 e. The number of nitrogens with zero attached hydrogens (tertiary/aromatic N) is 3. The lowest BCUT2D eigenvalue weighted by Crippen LogP contribution is -2.30. The van der Waals surface area contributed by atoms with Gasteiger partial charge in [-0.15, -0.1) is 0 Å². The molecule has 6 heteroatoms. The third kappa shape index (κ3) is 3.63. The van der Waals surface area contributed by atoms with Crippen LogP contribution in [0, 0.1) is 0 Å². The standard InChI is InChI=1S/C17H23N3O2S/c1-17(2,3)16-18-14(22-19-16)6-7-15(21)20-9-4-5-13(20)12-8-10-23-11-12/h8,10-11,13H,4-7,9H2,1-3H3/t13-/m1/s1. The van der Waals surface area contributed by atoms with Gasteiger partial charge in [0.1, 0.15) is 0 Å². The third-order valence-corrected chi connectivity index (χ3v) is 4.89. The lowest BCUT2D eigenvalue weighted by Gasteiger charge is -2.24. The quantitative estimate of drug-likeness (QED) is 0.855. The van der Waals surface area contributed by atoms with Crippen LogP contribution >= 0.6 is 11.3 Å². The molecule has 1 aliphatic rings. The van der Waals surface area contributed by atoms with E-state index in [4.69, 9.17) is 4.52 Å². The van der Waals surface area contributed by atoms with Gasteiger partial charge in [0, 0.05) is 24.8 Å². The first-order valence-corrected chi connectivity index (χ1v) is 9.04. The van der Waals surface area contributed by atoms with Crippen LogP contribution < -0.4 is 0 Å². The van der Waals surface area contributed by atoms with Crippen molar-refractivity contribution in [1.82, 2.24) is 15.0 Å². The summed E-state index contributed by atoms with van der Waals surface area (Å²) in [6, 6.07) is 2.36. The van der Waals surface area contributed by atoms with Crippen LogP contribution in [-0.2, 0) is 16.6 Å². The van der Waals surface area contributed by atoms with E-state index in [0.29, 0.717) is 24.6 Å². The zero-order valence-electron chi connectivity index (χ0n) is 13.9. The summed E-state index contributed by atoms with van der Waals surface area (Å²) in [4.78, 5) is 19.0. The van der Waals surface area contributed by atoms with Gasteiger partial charge in [-0.3, -0.25) is 4.79 Å². The Morgan fingerprint density at radius 2 is 2.30 bits per heavy atom. The Labute approximate surface area is 140 Å². The van der Waals surface area contributed by atoms with Gasteiger partial charge in [0.25, 0.3) is 0 Å². The first-order valence-electron chi connectivity index (χ1n) is 8.10. The van der Waals surface area contributed by atoms with Crippen LogP contribution in [0.25, 0.3) is 0 Å². The van der Waals surface area contributed by atoms with E-state index in [-0.39, 0.29) is 17.4 Å². The molecule has 0 radical (unpaired) electrons. The van der Waals surface area contributed by atoms with E-state index in [2.05, 4.69) is 27.0 Å². The Bertz CT molecular complexity index is 658. The SMILES string of the molecule is CC(C)(C)c1noc(CCC(=O)N2CCC[C@@H]2c2ccsc2)n1. The van der Waals surface area contributed by atoms with E-state index >= 15 is 0 Å². The molecule has 1 amide bonds. The van der Waals surface area contributed by atoms with Crippen molar-refractivity contribution in [3.8, 4) is 0 Å². The Morgan fingerprint density at radius 3 is 2.96 bits per heavy atom. The summed E-state index contributed by atoms with van der Waals surface area (Å²) in [6.07, 6.45) is 3.05. The average molecular weight is 333 g/mol. The smallest absolute Gasteiger partial charge is 0.227 e. The van der Waals surface area contributed by atoms with E-state index in [1.165, 1.54) is 5.56 Å². The van der Waals surface area contributed by atoms with Crippen molar-refractivity contribution in [3.05, 3.63) is 34.1 Å². The molecule has 0 aliphatic carbocycles. The summed E-state index contributed by atoms with van der Waals surface area (Å²) in [6.45, 7) is 6.98. The number of rotatable bonds is 4. The minimum absolute atomic E-state index is 0.134. The number of amides is 1. The highest BCUT2D eigenvalue weighted by molar-refractivity contribution is 7.07. The predicted octanol–water partition coefficient (Wildman–Crippen LogP) is 3.72. The molecule has 0 aromatic carbocycles. The Hall–Kier alpha value is -1.69. The molecule has 0 unspecified atom stereocenters. The highest BCUT2D eigenvalue weighted by Gasteiger charge is 2.30. The molecule has 2 aromatic heterocycles. The molecule has 0 saturated carbocycles. The lowest BCUT2D eigenvalue weighted by molar-refractivity contribution is -0.132. The highest BCUT2D eigenvalue weighted by Crippen LogP contribution is 2.33. The topological polar surface area (TPSA) is 59.2 Å². The van der Waals surface area contributed by atoms with Crippen molar-refractivity contribution in [2.24, 2.45) is 0 Å². The zero-order valence-corrected chi connectivity index (χ0v) is 14.7. The number of carbonyl (C=O) groups excluding carboxylic acids is 1. The Morgan fingerprint density at radius 1 is 1.48 bits per heavy atom. The van der Waals surface area contributed by atoms with Gasteiger partial charge in [0.2, 0.25) is 11.8 Å². The maximum Gasteiger partial charge on any atom is 0.227 e. The van der Waals surface area contributed by atoms with Gasteiger partial charge in [-0.2, -0.15) is 16.3 Å². The molecule has 0 spiro atoms. The molecule has 23 heavy (non-hydrogen) atoms. The van der Waals surface area contributed by atoms with Crippen LogP contribution in [0.3, 0.4) is 0 Å². The van der Waals surface area contributed by atoms with E-state index in [0.717, 1.165) is 19.4 Å². The summed E-state index contributed by atoms with van der Waals surface area (Å²) >= 11 is 1.68. The zero-order chi connectivity index (χ0) is 16.4. The second-order valence-corrected chi connectivity index (χ2v) is 7.84. The van der Waals surface area contributed by atoms with Crippen molar-refractivity contribution in [1.29, 1.82) is 0 Å². The van der Waals surface area contributed by atoms with Crippen LogP contribution in [0.5, 0.6) is 0 Å². The van der Waals surface area contributed by atoms with Gasteiger partial charge in [-0.25, -0.2) is 0 Å². The van der Waals surface area contributed by atoms with Gasteiger partial charge in [-0.1, -0.05) is 25.9 Å². The van der Waals surface area contributed by atoms with Gasteiger partial charge < -0.3 is 9.42 Å². The third-order valence-electron chi connectivity index (χ3n) is 4.19. The molecule has 0 N–H and O–H groups in total. The molecule has 1 saturated heterocycles. The predicted molar refractivity (Wildman–Crippen MR) is 89.3 cm³/mol. The number of hydrogen-bond donors (Lipinski definition) is 0. The molecular formula is C17H23N3O2S. The fourth-order valence-corrected chi connectivity index (χ4v) is 3.60. The molecule has 1 aliphatic heterocycles. The summed E-state index contributed by atoms with van der Waals surface area (Å²) in [5.74, 6) is 1.42. The first kappa shape index (κ1) is 16.2. The first-order chi connectivity index (χ1) is 10.9. The molecule has 0 bridgehead atoms. The fraction of sp³-hybridized carbons (Fsp3) is 0.588. The Balaban J connectivity index is 1.60.